The van der Waals surface area contributed by atoms with Crippen molar-refractivity contribution < 1.29 is 24.3 Å². The van der Waals surface area contributed by atoms with E-state index in [0.29, 0.717) is 12.8 Å². The van der Waals surface area contributed by atoms with E-state index in [1.807, 2.05) is 38.1 Å². The highest BCUT2D eigenvalue weighted by molar-refractivity contribution is 7.80. The molecule has 196 valence electrons. The highest BCUT2D eigenvalue weighted by Gasteiger charge is 2.32. The molecule has 2 aromatic rings. The maximum atomic E-state index is 13.4. The Morgan fingerprint density at radius 2 is 1.75 bits per heavy atom. The number of nitrogens with one attached hydrogen (secondary N) is 5. The first-order valence-electron chi connectivity index (χ1n) is 12.2. The summed E-state index contributed by atoms with van der Waals surface area (Å²) in [4.78, 5) is 53.8. The lowest BCUT2D eigenvalue weighted by molar-refractivity contribution is -0.141. The molecule has 1 aliphatic rings. The van der Waals surface area contributed by atoms with Crippen molar-refractivity contribution in [3.8, 4) is 0 Å². The molecule has 6 N–H and O–H groups in total. The van der Waals surface area contributed by atoms with Crippen LogP contribution >= 0.6 is 12.6 Å². The molecule has 3 rings (SSSR count). The lowest BCUT2D eigenvalue weighted by atomic mass is 10.00. The Morgan fingerprint density at radius 3 is 2.39 bits per heavy atom. The predicted molar refractivity (Wildman–Crippen MR) is 140 cm³/mol. The zero-order valence-corrected chi connectivity index (χ0v) is 21.4. The van der Waals surface area contributed by atoms with E-state index < -0.39 is 35.9 Å². The van der Waals surface area contributed by atoms with Gasteiger partial charge in [0, 0.05) is 29.3 Å². The van der Waals surface area contributed by atoms with Gasteiger partial charge in [-0.1, -0.05) is 32.0 Å². The molecule has 0 bridgehead atoms. The summed E-state index contributed by atoms with van der Waals surface area (Å²) in [7, 11) is 0. The van der Waals surface area contributed by atoms with Crippen molar-refractivity contribution in [2.24, 2.45) is 5.92 Å². The van der Waals surface area contributed by atoms with Crippen LogP contribution < -0.4 is 21.3 Å². The highest BCUT2D eigenvalue weighted by Crippen LogP contribution is 2.19. The Bertz CT molecular complexity index is 1080. The van der Waals surface area contributed by atoms with Gasteiger partial charge >= 0.3 is 5.97 Å². The molecule has 10 nitrogen and oxygen atoms in total. The molecule has 0 spiro atoms. The van der Waals surface area contributed by atoms with Crippen LogP contribution in [0.2, 0.25) is 0 Å². The molecule has 1 aliphatic heterocycles. The lowest BCUT2D eigenvalue weighted by Gasteiger charge is -2.26. The van der Waals surface area contributed by atoms with Crippen LogP contribution in [-0.4, -0.2) is 70.2 Å². The second kappa shape index (κ2) is 12.8. The molecule has 0 saturated carbocycles. The monoisotopic (exact) mass is 517 g/mol. The van der Waals surface area contributed by atoms with E-state index in [0.717, 1.165) is 29.4 Å². The molecule has 1 aromatic heterocycles. The minimum absolute atomic E-state index is 0.102. The van der Waals surface area contributed by atoms with Crippen LogP contribution in [0.15, 0.2) is 30.5 Å². The smallest absolute Gasteiger partial charge is 0.327 e. The number of carbonyl (C=O) groups is 4. The second-order valence-corrected chi connectivity index (χ2v) is 9.91. The SMILES string of the molecule is CC(C)CC(NC(=O)C1CCCN1)C(=O)NC(Cc1c[nH]c2ccccc12)C(=O)NC(CS)C(=O)O. The summed E-state index contributed by atoms with van der Waals surface area (Å²) in [6, 6.07) is 4.12. The number of aromatic nitrogens is 1. The van der Waals surface area contributed by atoms with E-state index in [9.17, 15) is 24.3 Å². The van der Waals surface area contributed by atoms with Crippen molar-refractivity contribution in [2.45, 2.75) is 63.7 Å². The highest BCUT2D eigenvalue weighted by atomic mass is 32.1. The quantitative estimate of drug-likeness (QED) is 0.208. The van der Waals surface area contributed by atoms with Gasteiger partial charge < -0.3 is 31.4 Å². The number of rotatable bonds is 12. The average molecular weight is 518 g/mol. The van der Waals surface area contributed by atoms with Crippen LogP contribution in [0.1, 0.15) is 38.7 Å². The number of para-hydroxylation sites is 1. The number of hydrogen-bond acceptors (Lipinski definition) is 6. The van der Waals surface area contributed by atoms with E-state index in [-0.39, 0.29) is 30.0 Å². The lowest BCUT2D eigenvalue weighted by Crippen LogP contribution is -2.58. The number of carboxylic acids is 1. The first kappa shape index (κ1) is 27.5. The number of amides is 3. The Hall–Kier alpha value is -3.05. The molecule has 2 heterocycles. The Morgan fingerprint density at radius 1 is 1.06 bits per heavy atom. The van der Waals surface area contributed by atoms with Crippen LogP contribution in [0.3, 0.4) is 0 Å². The van der Waals surface area contributed by atoms with Gasteiger partial charge in [0.2, 0.25) is 17.7 Å². The summed E-state index contributed by atoms with van der Waals surface area (Å²) < 4.78 is 0. The molecule has 4 atom stereocenters. The third-order valence-electron chi connectivity index (χ3n) is 6.25. The molecule has 36 heavy (non-hydrogen) atoms. The van der Waals surface area contributed by atoms with Crippen molar-refractivity contribution in [1.82, 2.24) is 26.3 Å². The molecule has 4 unspecified atom stereocenters. The molecule has 11 heteroatoms. The fourth-order valence-corrected chi connectivity index (χ4v) is 4.59. The molecular weight excluding hydrogens is 482 g/mol. The van der Waals surface area contributed by atoms with Gasteiger partial charge in [-0.2, -0.15) is 12.6 Å². The van der Waals surface area contributed by atoms with Gasteiger partial charge in [-0.25, -0.2) is 4.79 Å². The summed E-state index contributed by atoms with van der Waals surface area (Å²) in [5.41, 5.74) is 1.68. The Balaban J connectivity index is 1.81. The molecule has 0 radical (unpaired) electrons. The van der Waals surface area contributed by atoms with Gasteiger partial charge in [0.25, 0.3) is 0 Å². The van der Waals surface area contributed by atoms with Crippen molar-refractivity contribution in [3.63, 3.8) is 0 Å². The van der Waals surface area contributed by atoms with Gasteiger partial charge in [-0.05, 0) is 43.4 Å². The van der Waals surface area contributed by atoms with Gasteiger partial charge in [0.05, 0.1) is 6.04 Å². The number of aliphatic carboxylic acids is 1. The van der Waals surface area contributed by atoms with Gasteiger partial charge in [0.1, 0.15) is 18.1 Å². The number of aromatic amines is 1. The molecule has 1 aromatic carbocycles. The Kier molecular flexibility index (Phi) is 9.77. The van der Waals surface area contributed by atoms with Crippen LogP contribution in [0.5, 0.6) is 0 Å². The first-order valence-corrected chi connectivity index (χ1v) is 12.9. The summed E-state index contributed by atoms with van der Waals surface area (Å²) in [5, 5.41) is 21.5. The number of thiol groups is 1. The number of carbonyl (C=O) groups excluding carboxylic acids is 3. The fraction of sp³-hybridized carbons (Fsp3) is 0.520. The largest absolute Gasteiger partial charge is 0.480 e. The minimum atomic E-state index is -1.22. The normalized spacial score (nSPS) is 17.9. The Labute approximate surface area is 215 Å². The first-order chi connectivity index (χ1) is 17.2. The summed E-state index contributed by atoms with van der Waals surface area (Å²) in [6.07, 6.45) is 3.88. The molecule has 0 aliphatic carbocycles. The van der Waals surface area contributed by atoms with Crippen molar-refractivity contribution in [3.05, 3.63) is 36.0 Å². The van der Waals surface area contributed by atoms with Crippen LogP contribution in [-0.2, 0) is 25.6 Å². The van der Waals surface area contributed by atoms with Crippen LogP contribution in [0.25, 0.3) is 10.9 Å². The summed E-state index contributed by atoms with van der Waals surface area (Å²) in [5.74, 6) is -2.58. The molecule has 3 amide bonds. The topological polar surface area (TPSA) is 152 Å². The van der Waals surface area contributed by atoms with E-state index in [2.05, 4.69) is 38.9 Å². The maximum Gasteiger partial charge on any atom is 0.327 e. The van der Waals surface area contributed by atoms with E-state index in [1.54, 1.807) is 6.20 Å². The van der Waals surface area contributed by atoms with Crippen molar-refractivity contribution in [2.75, 3.05) is 12.3 Å². The van der Waals surface area contributed by atoms with Gasteiger partial charge in [-0.15, -0.1) is 0 Å². The zero-order valence-electron chi connectivity index (χ0n) is 20.5. The van der Waals surface area contributed by atoms with Gasteiger partial charge in [-0.3, -0.25) is 14.4 Å². The third kappa shape index (κ3) is 7.23. The van der Waals surface area contributed by atoms with Crippen molar-refractivity contribution in [1.29, 1.82) is 0 Å². The fourth-order valence-electron chi connectivity index (χ4n) is 4.34. The zero-order chi connectivity index (χ0) is 26.2. The minimum Gasteiger partial charge on any atom is -0.480 e. The molecule has 1 fully saturated rings. The van der Waals surface area contributed by atoms with Crippen LogP contribution in [0.4, 0.5) is 0 Å². The summed E-state index contributed by atoms with van der Waals surface area (Å²) >= 11 is 4.01. The standard InChI is InChI=1S/C25H35N5O5S/c1-14(2)10-19(28-22(31)18-8-5-9-26-18)23(32)29-20(24(33)30-21(13-36)25(34)35)11-15-12-27-17-7-4-3-6-16(15)17/h3-4,6-7,12,14,18-21,26-27,36H,5,8-11,13H2,1-2H3,(H,28,31)(H,29,32)(H,30,33)(H,34,35). The number of H-pyrrole nitrogens is 1. The van der Waals surface area contributed by atoms with Gasteiger partial charge in [0.15, 0.2) is 0 Å². The molecule has 1 saturated heterocycles. The maximum absolute atomic E-state index is 13.4. The second-order valence-electron chi connectivity index (χ2n) is 9.55. The number of fused-ring (bicyclic) bond motifs is 1. The van der Waals surface area contributed by atoms with Crippen LogP contribution in [0, 0.1) is 5.92 Å². The van der Waals surface area contributed by atoms with E-state index in [1.165, 1.54) is 0 Å². The third-order valence-corrected chi connectivity index (χ3v) is 6.61. The van der Waals surface area contributed by atoms with E-state index >= 15 is 0 Å². The number of benzene rings is 1. The van der Waals surface area contributed by atoms with E-state index in [4.69, 9.17) is 0 Å². The predicted octanol–water partition coefficient (Wildman–Crippen LogP) is 0.977. The summed E-state index contributed by atoms with van der Waals surface area (Å²) in [6.45, 7) is 4.64. The molecular formula is C25H35N5O5S. The van der Waals surface area contributed by atoms with Crippen molar-refractivity contribution >= 4 is 47.2 Å². The number of hydrogen-bond donors (Lipinski definition) is 7. The average Bonchev–Trinajstić information content (AvgIpc) is 3.51. The number of carboxylic acid groups (broad SMARTS) is 1.